The quantitative estimate of drug-likeness (QED) is 0.579. The molecule has 0 bridgehead atoms. The van der Waals surface area contributed by atoms with Gasteiger partial charge in [-0.25, -0.2) is 9.97 Å². The van der Waals surface area contributed by atoms with E-state index in [0.29, 0.717) is 17.4 Å². The van der Waals surface area contributed by atoms with Gasteiger partial charge in [0.1, 0.15) is 0 Å². The molecule has 0 atom stereocenters. The maximum absolute atomic E-state index is 12.8. The highest BCUT2D eigenvalue weighted by molar-refractivity contribution is 5.48. The highest BCUT2D eigenvalue weighted by Crippen LogP contribution is 2.37. The molecule has 1 aliphatic rings. The highest BCUT2D eigenvalue weighted by Gasteiger charge is 2.26. The molecule has 0 spiro atoms. The van der Waals surface area contributed by atoms with E-state index in [1.54, 1.807) is 0 Å². The zero-order chi connectivity index (χ0) is 16.1. The first-order valence-corrected chi connectivity index (χ1v) is 8.57. The molecule has 2 aromatic rings. The summed E-state index contributed by atoms with van der Waals surface area (Å²) in [5.41, 5.74) is 0.554. The predicted molar refractivity (Wildman–Crippen MR) is 84.1 cm³/mol. The minimum Gasteiger partial charge on any atom is -0.334 e. The third-order valence-corrected chi connectivity index (χ3v) is 4.74. The van der Waals surface area contributed by atoms with Crippen LogP contribution in [0.3, 0.4) is 0 Å². The molecule has 0 radical (unpaired) electrons. The minimum absolute atomic E-state index is 0.366. The fraction of sp³-hybridized carbons (Fsp3) is 0.647. The number of rotatable bonds is 6. The summed E-state index contributed by atoms with van der Waals surface area (Å²) in [5, 5.41) is 4.10. The van der Waals surface area contributed by atoms with Gasteiger partial charge in [-0.2, -0.15) is 9.37 Å². The van der Waals surface area contributed by atoms with Crippen molar-refractivity contribution < 1.29 is 8.91 Å². The van der Waals surface area contributed by atoms with Crippen molar-refractivity contribution in [2.45, 2.75) is 64.2 Å². The van der Waals surface area contributed by atoms with Gasteiger partial charge < -0.3 is 4.52 Å². The van der Waals surface area contributed by atoms with Gasteiger partial charge in [0.05, 0.1) is 5.56 Å². The number of halogens is 1. The van der Waals surface area contributed by atoms with Crippen LogP contribution in [0.2, 0.25) is 0 Å². The van der Waals surface area contributed by atoms with E-state index in [2.05, 4.69) is 27.0 Å². The van der Waals surface area contributed by atoms with Crippen molar-refractivity contribution >= 4 is 0 Å². The number of nitrogens with zero attached hydrogens (tertiary/aromatic N) is 4. The Bertz CT molecular complexity index is 605. The standard InChI is InChI=1S/C17H23FN4O/c1-2-3-4-5-12-6-8-13(9-7-12)15-21-16(23-22-15)14-10-19-17(18)20-11-14/h10-13H,2-9H2,1H3/t12-,13-. The van der Waals surface area contributed by atoms with E-state index in [0.717, 1.165) is 24.6 Å². The first-order valence-electron chi connectivity index (χ1n) is 8.57. The Labute approximate surface area is 135 Å². The molecule has 1 fully saturated rings. The molecule has 0 aliphatic heterocycles. The molecule has 3 rings (SSSR count). The number of hydrogen-bond donors (Lipinski definition) is 0. The molecule has 124 valence electrons. The van der Waals surface area contributed by atoms with Crippen molar-refractivity contribution in [3.63, 3.8) is 0 Å². The second-order valence-corrected chi connectivity index (χ2v) is 6.41. The van der Waals surface area contributed by atoms with Crippen LogP contribution in [0.25, 0.3) is 11.5 Å². The zero-order valence-electron chi connectivity index (χ0n) is 13.5. The fourth-order valence-corrected chi connectivity index (χ4v) is 3.33. The first kappa shape index (κ1) is 16.0. The third-order valence-electron chi connectivity index (χ3n) is 4.74. The largest absolute Gasteiger partial charge is 0.334 e. The molecule has 0 unspecified atom stereocenters. The van der Waals surface area contributed by atoms with Gasteiger partial charge in [0, 0.05) is 18.3 Å². The molecular formula is C17H23FN4O. The van der Waals surface area contributed by atoms with Crippen LogP contribution in [0.5, 0.6) is 0 Å². The Hall–Kier alpha value is -1.85. The van der Waals surface area contributed by atoms with Crippen LogP contribution in [-0.2, 0) is 0 Å². The van der Waals surface area contributed by atoms with Gasteiger partial charge in [-0.15, -0.1) is 0 Å². The molecule has 2 aromatic heterocycles. The fourth-order valence-electron chi connectivity index (χ4n) is 3.33. The zero-order valence-corrected chi connectivity index (χ0v) is 13.5. The van der Waals surface area contributed by atoms with Crippen molar-refractivity contribution in [2.75, 3.05) is 0 Å². The van der Waals surface area contributed by atoms with E-state index in [1.165, 1.54) is 50.9 Å². The summed E-state index contributed by atoms with van der Waals surface area (Å²) in [5.74, 6) is 2.35. The SMILES string of the molecule is CCCCC[C@H]1CC[C@H](c2noc(-c3cnc(F)nc3)n2)CC1. The summed E-state index contributed by atoms with van der Waals surface area (Å²) in [6.45, 7) is 2.25. The molecule has 6 heteroatoms. The van der Waals surface area contributed by atoms with E-state index in [4.69, 9.17) is 4.52 Å². The molecule has 23 heavy (non-hydrogen) atoms. The van der Waals surface area contributed by atoms with Crippen molar-refractivity contribution in [3.8, 4) is 11.5 Å². The Morgan fingerprint density at radius 1 is 1.13 bits per heavy atom. The molecule has 0 aromatic carbocycles. The van der Waals surface area contributed by atoms with Crippen LogP contribution in [-0.4, -0.2) is 20.1 Å². The molecule has 0 amide bonds. The lowest BCUT2D eigenvalue weighted by Gasteiger charge is -2.26. The molecule has 0 saturated heterocycles. The van der Waals surface area contributed by atoms with Gasteiger partial charge >= 0.3 is 6.08 Å². The van der Waals surface area contributed by atoms with Crippen LogP contribution in [0.1, 0.15) is 70.0 Å². The number of unbranched alkanes of at least 4 members (excludes halogenated alkanes) is 2. The molecular weight excluding hydrogens is 295 g/mol. The molecule has 5 nitrogen and oxygen atoms in total. The van der Waals surface area contributed by atoms with Crippen LogP contribution >= 0.6 is 0 Å². The maximum atomic E-state index is 12.8. The van der Waals surface area contributed by atoms with Crippen LogP contribution in [0, 0.1) is 12.0 Å². The van der Waals surface area contributed by atoms with Crippen molar-refractivity contribution in [2.24, 2.45) is 5.92 Å². The summed E-state index contributed by atoms with van der Waals surface area (Å²) in [6, 6.07) is 0. The summed E-state index contributed by atoms with van der Waals surface area (Å²) in [6.07, 6.45) is 12.0. The van der Waals surface area contributed by atoms with Gasteiger partial charge in [0.25, 0.3) is 5.89 Å². The van der Waals surface area contributed by atoms with Gasteiger partial charge in [0.15, 0.2) is 5.82 Å². The second-order valence-electron chi connectivity index (χ2n) is 6.41. The summed E-state index contributed by atoms with van der Waals surface area (Å²) < 4.78 is 18.0. The Morgan fingerprint density at radius 2 is 1.87 bits per heavy atom. The predicted octanol–water partition coefficient (Wildman–Crippen LogP) is 4.52. The van der Waals surface area contributed by atoms with E-state index in [9.17, 15) is 4.39 Å². The summed E-state index contributed by atoms with van der Waals surface area (Å²) >= 11 is 0. The van der Waals surface area contributed by atoms with E-state index < -0.39 is 6.08 Å². The van der Waals surface area contributed by atoms with E-state index in [1.807, 2.05) is 0 Å². The molecule has 1 saturated carbocycles. The lowest BCUT2D eigenvalue weighted by Crippen LogP contribution is -2.14. The summed E-state index contributed by atoms with van der Waals surface area (Å²) in [7, 11) is 0. The molecule has 2 heterocycles. The normalized spacial score (nSPS) is 21.5. The van der Waals surface area contributed by atoms with Gasteiger partial charge in [-0.05, 0) is 31.6 Å². The average Bonchev–Trinajstić information content (AvgIpc) is 3.06. The Morgan fingerprint density at radius 3 is 2.57 bits per heavy atom. The smallest absolute Gasteiger partial charge is 0.308 e. The Kier molecular flexibility index (Phi) is 5.31. The van der Waals surface area contributed by atoms with E-state index >= 15 is 0 Å². The van der Waals surface area contributed by atoms with Crippen molar-refractivity contribution in [3.05, 3.63) is 24.3 Å². The Balaban J connectivity index is 1.56. The second kappa shape index (κ2) is 7.62. The number of hydrogen-bond acceptors (Lipinski definition) is 5. The lowest BCUT2D eigenvalue weighted by atomic mass is 9.79. The monoisotopic (exact) mass is 318 g/mol. The van der Waals surface area contributed by atoms with Crippen molar-refractivity contribution in [1.82, 2.24) is 20.1 Å². The van der Waals surface area contributed by atoms with E-state index in [-0.39, 0.29) is 0 Å². The number of aromatic nitrogens is 4. The highest BCUT2D eigenvalue weighted by atomic mass is 19.1. The van der Waals surface area contributed by atoms with Crippen molar-refractivity contribution in [1.29, 1.82) is 0 Å². The van der Waals surface area contributed by atoms with Gasteiger partial charge in [-0.3, -0.25) is 0 Å². The van der Waals surface area contributed by atoms with Gasteiger partial charge in [0.2, 0.25) is 0 Å². The van der Waals surface area contributed by atoms with Gasteiger partial charge in [-0.1, -0.05) is 37.8 Å². The topological polar surface area (TPSA) is 64.7 Å². The van der Waals surface area contributed by atoms with Crippen LogP contribution < -0.4 is 0 Å². The molecule has 0 N–H and O–H groups in total. The van der Waals surface area contributed by atoms with Crippen LogP contribution in [0.15, 0.2) is 16.9 Å². The first-order chi connectivity index (χ1) is 11.3. The lowest BCUT2D eigenvalue weighted by molar-refractivity contribution is 0.292. The minimum atomic E-state index is -0.755. The molecule has 1 aliphatic carbocycles. The third kappa shape index (κ3) is 4.12. The van der Waals surface area contributed by atoms with Crippen LogP contribution in [0.4, 0.5) is 4.39 Å². The maximum Gasteiger partial charge on any atom is 0.308 e. The average molecular weight is 318 g/mol. The summed E-state index contributed by atoms with van der Waals surface area (Å²) in [4.78, 5) is 11.5.